The SMILES string of the molecule is CC1(C)c2ccccc2-c2cc(N(c3ccc(C4CC5CCC4C5)cc3)c3ccc4sc5ccccc5c4c3)ccc21. The van der Waals surface area contributed by atoms with Gasteiger partial charge in [0.25, 0.3) is 0 Å². The van der Waals surface area contributed by atoms with Gasteiger partial charge in [-0.1, -0.05) is 80.9 Å². The van der Waals surface area contributed by atoms with E-state index in [9.17, 15) is 0 Å². The fraction of sp³-hybridized carbons (Fsp3) is 0.250. The third-order valence-corrected chi connectivity index (χ3v) is 11.9. The van der Waals surface area contributed by atoms with Crippen molar-refractivity contribution in [3.8, 4) is 11.1 Å². The normalized spacial score (nSPS) is 21.6. The molecule has 0 aliphatic heterocycles. The largest absolute Gasteiger partial charge is 0.310 e. The molecule has 0 saturated heterocycles. The van der Waals surface area contributed by atoms with Gasteiger partial charge in [0.2, 0.25) is 0 Å². The average Bonchev–Trinajstić information content (AvgIpc) is 3.80. The molecule has 0 radical (unpaired) electrons. The van der Waals surface area contributed by atoms with Crippen LogP contribution in [-0.2, 0) is 5.41 Å². The molecule has 2 heteroatoms. The van der Waals surface area contributed by atoms with E-state index in [0.717, 1.165) is 17.8 Å². The molecule has 0 amide bonds. The van der Waals surface area contributed by atoms with Crippen LogP contribution in [0.1, 0.15) is 62.1 Å². The summed E-state index contributed by atoms with van der Waals surface area (Å²) in [5.74, 6) is 2.60. The van der Waals surface area contributed by atoms with E-state index in [1.54, 1.807) is 0 Å². The van der Waals surface area contributed by atoms with Gasteiger partial charge < -0.3 is 4.90 Å². The summed E-state index contributed by atoms with van der Waals surface area (Å²) in [6.45, 7) is 4.72. The number of nitrogens with zero attached hydrogens (tertiary/aromatic N) is 1. The van der Waals surface area contributed by atoms with Crippen LogP contribution in [0.5, 0.6) is 0 Å². The number of hydrogen-bond acceptors (Lipinski definition) is 2. The van der Waals surface area contributed by atoms with Crippen LogP contribution in [0.25, 0.3) is 31.3 Å². The zero-order valence-corrected chi connectivity index (χ0v) is 25.1. The maximum Gasteiger partial charge on any atom is 0.0468 e. The van der Waals surface area contributed by atoms with Crippen molar-refractivity contribution in [2.45, 2.75) is 50.9 Å². The molecule has 1 nitrogen and oxygen atoms in total. The molecule has 6 aromatic rings. The smallest absolute Gasteiger partial charge is 0.0468 e. The van der Waals surface area contributed by atoms with E-state index in [-0.39, 0.29) is 5.41 Å². The third kappa shape index (κ3) is 3.61. The summed E-state index contributed by atoms with van der Waals surface area (Å²) in [5, 5.41) is 2.68. The Hall–Kier alpha value is -3.88. The van der Waals surface area contributed by atoms with E-state index < -0.39 is 0 Å². The van der Waals surface area contributed by atoms with Crippen LogP contribution < -0.4 is 4.90 Å². The maximum atomic E-state index is 2.48. The van der Waals surface area contributed by atoms with E-state index in [1.165, 1.54) is 90.7 Å². The highest BCUT2D eigenvalue weighted by atomic mass is 32.1. The van der Waals surface area contributed by atoms with Crippen LogP contribution in [0, 0.1) is 11.8 Å². The predicted octanol–water partition coefficient (Wildman–Crippen LogP) is 11.7. The highest BCUT2D eigenvalue weighted by molar-refractivity contribution is 7.25. The molecule has 1 heterocycles. The summed E-state index contributed by atoms with van der Waals surface area (Å²) in [5.41, 5.74) is 10.8. The quantitative estimate of drug-likeness (QED) is 0.207. The van der Waals surface area contributed by atoms with E-state index in [4.69, 9.17) is 0 Å². The molecule has 2 saturated carbocycles. The van der Waals surface area contributed by atoms with Crippen molar-refractivity contribution < 1.29 is 0 Å². The molecule has 0 N–H and O–H groups in total. The minimum Gasteiger partial charge on any atom is -0.310 e. The lowest BCUT2D eigenvalue weighted by molar-refractivity contribution is 0.420. The number of rotatable bonds is 4. The van der Waals surface area contributed by atoms with E-state index in [2.05, 4.69) is 128 Å². The number of anilines is 3. The third-order valence-electron chi connectivity index (χ3n) is 10.8. The summed E-state index contributed by atoms with van der Waals surface area (Å²) in [6.07, 6.45) is 5.70. The molecule has 2 bridgehead atoms. The van der Waals surface area contributed by atoms with Gasteiger partial charge in [0.05, 0.1) is 0 Å². The fourth-order valence-electron chi connectivity index (χ4n) is 8.67. The van der Waals surface area contributed by atoms with Crippen molar-refractivity contribution in [2.75, 3.05) is 4.90 Å². The van der Waals surface area contributed by atoms with Gasteiger partial charge >= 0.3 is 0 Å². The van der Waals surface area contributed by atoms with Crippen LogP contribution in [0.15, 0.2) is 109 Å². The van der Waals surface area contributed by atoms with Gasteiger partial charge in [-0.2, -0.15) is 0 Å². The summed E-state index contributed by atoms with van der Waals surface area (Å²) < 4.78 is 2.69. The Balaban J connectivity index is 1.20. The van der Waals surface area contributed by atoms with E-state index in [0.29, 0.717) is 0 Å². The van der Waals surface area contributed by atoms with Crippen molar-refractivity contribution in [3.63, 3.8) is 0 Å². The fourth-order valence-corrected chi connectivity index (χ4v) is 9.76. The number of benzene rings is 5. The number of thiophene rings is 1. The Labute approximate surface area is 252 Å². The van der Waals surface area contributed by atoms with E-state index >= 15 is 0 Å². The lowest BCUT2D eigenvalue weighted by atomic mass is 9.82. The van der Waals surface area contributed by atoms with Gasteiger partial charge in [-0.3, -0.25) is 0 Å². The molecule has 3 aliphatic carbocycles. The maximum absolute atomic E-state index is 2.48. The molecule has 0 spiro atoms. The van der Waals surface area contributed by atoms with Crippen molar-refractivity contribution in [1.29, 1.82) is 0 Å². The molecule has 5 aromatic carbocycles. The number of hydrogen-bond donors (Lipinski definition) is 0. The van der Waals surface area contributed by atoms with Crippen LogP contribution in [0.3, 0.4) is 0 Å². The van der Waals surface area contributed by atoms with Gasteiger partial charge in [0.1, 0.15) is 0 Å². The average molecular weight is 562 g/mol. The Morgan fingerprint density at radius 2 is 1.33 bits per heavy atom. The first-order valence-corrected chi connectivity index (χ1v) is 16.4. The van der Waals surface area contributed by atoms with Gasteiger partial charge in [0, 0.05) is 42.6 Å². The van der Waals surface area contributed by atoms with Crippen molar-refractivity contribution in [3.05, 3.63) is 126 Å². The lowest BCUT2D eigenvalue weighted by Gasteiger charge is -2.28. The second-order valence-electron chi connectivity index (χ2n) is 13.4. The molecule has 1 aromatic heterocycles. The van der Waals surface area contributed by atoms with Crippen molar-refractivity contribution >= 4 is 48.6 Å². The highest BCUT2D eigenvalue weighted by Gasteiger charge is 2.40. The van der Waals surface area contributed by atoms with Crippen molar-refractivity contribution in [2.24, 2.45) is 11.8 Å². The molecule has 3 atom stereocenters. The lowest BCUT2D eigenvalue weighted by Crippen LogP contribution is -2.15. The monoisotopic (exact) mass is 561 g/mol. The van der Waals surface area contributed by atoms with Crippen LogP contribution in [-0.4, -0.2) is 0 Å². The summed E-state index contributed by atoms with van der Waals surface area (Å²) >= 11 is 1.89. The molecular formula is C40H35NS. The number of fused-ring (bicyclic) bond motifs is 8. The molecule has 3 unspecified atom stereocenters. The van der Waals surface area contributed by atoms with Gasteiger partial charge in [-0.25, -0.2) is 0 Å². The topological polar surface area (TPSA) is 3.24 Å². The first-order chi connectivity index (χ1) is 20.5. The van der Waals surface area contributed by atoms with E-state index in [1.807, 2.05) is 11.3 Å². The van der Waals surface area contributed by atoms with Gasteiger partial charge in [0.15, 0.2) is 0 Å². The Kier molecular flexibility index (Phi) is 5.33. The van der Waals surface area contributed by atoms with Crippen molar-refractivity contribution in [1.82, 2.24) is 0 Å². The summed E-state index contributed by atoms with van der Waals surface area (Å²) in [6, 6.07) is 41.6. The second kappa shape index (κ2) is 9.06. The highest BCUT2D eigenvalue weighted by Crippen LogP contribution is 2.54. The molecular weight excluding hydrogens is 527 g/mol. The summed E-state index contributed by atoms with van der Waals surface area (Å²) in [4.78, 5) is 2.48. The van der Waals surface area contributed by atoms with Crippen LogP contribution in [0.4, 0.5) is 17.1 Å². The first kappa shape index (κ1) is 24.7. The van der Waals surface area contributed by atoms with Gasteiger partial charge in [-0.15, -0.1) is 11.3 Å². The zero-order valence-electron chi connectivity index (χ0n) is 24.3. The molecule has 2 fully saturated rings. The molecule has 206 valence electrons. The Bertz CT molecular complexity index is 1990. The minimum atomic E-state index is 0.00606. The standard InChI is InChI=1S/C40H35NS/c1-40(2)36-9-5-3-7-31(36)34-23-29(17-19-37(34)40)41(28-15-13-26(14-16-28)33-22-25-11-12-27(33)21-25)30-18-20-39-35(24-30)32-8-4-6-10-38(32)42-39/h3-10,13-20,23-25,27,33H,11-12,21-22H2,1-2H3. The zero-order chi connectivity index (χ0) is 28.0. The van der Waals surface area contributed by atoms with Crippen LogP contribution in [0.2, 0.25) is 0 Å². The minimum absolute atomic E-state index is 0.00606. The molecule has 42 heavy (non-hydrogen) atoms. The Morgan fingerprint density at radius 3 is 2.17 bits per heavy atom. The van der Waals surface area contributed by atoms with Crippen LogP contribution >= 0.6 is 11.3 Å². The van der Waals surface area contributed by atoms with Gasteiger partial charge in [-0.05, 0) is 113 Å². The first-order valence-electron chi connectivity index (χ1n) is 15.6. The second-order valence-corrected chi connectivity index (χ2v) is 14.5. The summed E-state index contributed by atoms with van der Waals surface area (Å²) in [7, 11) is 0. The Morgan fingerprint density at radius 1 is 0.619 bits per heavy atom. The predicted molar refractivity (Wildman–Crippen MR) is 180 cm³/mol. The molecule has 9 rings (SSSR count). The molecule has 3 aliphatic rings.